The van der Waals surface area contributed by atoms with Crippen LogP contribution in [-0.2, 0) is 9.59 Å². The molecule has 0 aromatic heterocycles. The summed E-state index contributed by atoms with van der Waals surface area (Å²) < 4.78 is 0. The maximum absolute atomic E-state index is 13.8. The zero-order chi connectivity index (χ0) is 23.6. The van der Waals surface area contributed by atoms with Gasteiger partial charge in [0.1, 0.15) is 6.04 Å². The molecule has 0 radical (unpaired) electrons. The second-order valence-electron chi connectivity index (χ2n) is 8.69. The molecule has 0 N–H and O–H groups in total. The molecule has 34 heavy (non-hydrogen) atoms. The van der Waals surface area contributed by atoms with Gasteiger partial charge in [-0.3, -0.25) is 14.4 Å². The molecular weight excluding hydrogens is 471 g/mol. The monoisotopic (exact) mass is 488 g/mol. The molecule has 3 heterocycles. The van der Waals surface area contributed by atoms with Crippen LogP contribution in [0.3, 0.4) is 0 Å². The van der Waals surface area contributed by atoms with E-state index in [0.717, 1.165) is 11.1 Å². The fourth-order valence-corrected chi connectivity index (χ4v) is 5.74. The average molecular weight is 489 g/mol. The lowest BCUT2D eigenvalue weighted by Crippen LogP contribution is -2.44. The van der Waals surface area contributed by atoms with Crippen molar-refractivity contribution in [3.63, 3.8) is 0 Å². The molecule has 3 aliphatic rings. The van der Waals surface area contributed by atoms with Crippen molar-refractivity contribution in [2.75, 3.05) is 4.90 Å². The van der Waals surface area contributed by atoms with Crippen molar-refractivity contribution < 1.29 is 14.4 Å². The topological polar surface area (TPSA) is 57.7 Å². The first-order chi connectivity index (χ1) is 16.5. The molecule has 4 atom stereocenters. The van der Waals surface area contributed by atoms with Gasteiger partial charge in [0.15, 0.2) is 5.78 Å². The minimum Gasteiger partial charge on any atom is -0.358 e. The van der Waals surface area contributed by atoms with Gasteiger partial charge >= 0.3 is 0 Å². The Morgan fingerprint density at radius 2 is 1.38 bits per heavy atom. The number of carbonyl (C=O) groups excluding carboxylic acids is 3. The number of Topliss-reactive ketones (excluding diaryl/α,β-unsaturated/α-hetero) is 1. The van der Waals surface area contributed by atoms with Crippen LogP contribution >= 0.6 is 23.2 Å². The van der Waals surface area contributed by atoms with E-state index in [1.165, 1.54) is 4.90 Å². The summed E-state index contributed by atoms with van der Waals surface area (Å²) in [6.45, 7) is 0. The Morgan fingerprint density at radius 3 is 2.09 bits per heavy atom. The number of hydrogen-bond acceptors (Lipinski definition) is 4. The third-order valence-electron chi connectivity index (χ3n) is 6.94. The number of imide groups is 1. The average Bonchev–Trinajstić information content (AvgIpc) is 3.32. The molecule has 0 spiro atoms. The van der Waals surface area contributed by atoms with Crippen LogP contribution in [0.1, 0.15) is 27.5 Å². The summed E-state index contributed by atoms with van der Waals surface area (Å²) in [6, 6.07) is 19.8. The summed E-state index contributed by atoms with van der Waals surface area (Å²) in [7, 11) is 0. The van der Waals surface area contributed by atoms with Crippen LogP contribution in [-0.4, -0.2) is 28.5 Å². The first kappa shape index (κ1) is 21.1. The molecule has 7 heteroatoms. The number of hydrogen-bond donors (Lipinski definition) is 0. The van der Waals surface area contributed by atoms with Crippen molar-refractivity contribution in [1.29, 1.82) is 0 Å². The number of rotatable bonds is 3. The van der Waals surface area contributed by atoms with Crippen LogP contribution in [0.4, 0.5) is 5.69 Å². The zero-order valence-corrected chi connectivity index (χ0v) is 19.3. The number of carbonyl (C=O) groups is 3. The number of amides is 2. The molecule has 6 rings (SSSR count). The first-order valence-corrected chi connectivity index (χ1v) is 11.7. The van der Waals surface area contributed by atoms with E-state index in [-0.39, 0.29) is 17.6 Å². The van der Waals surface area contributed by atoms with E-state index in [1.807, 2.05) is 41.4 Å². The zero-order valence-electron chi connectivity index (χ0n) is 17.8. The Balaban J connectivity index is 1.49. The van der Waals surface area contributed by atoms with E-state index in [1.54, 1.807) is 48.5 Å². The Bertz CT molecular complexity index is 1370. The highest BCUT2D eigenvalue weighted by Gasteiger charge is 2.64. The molecule has 2 amide bonds. The van der Waals surface area contributed by atoms with Crippen molar-refractivity contribution in [2.24, 2.45) is 11.8 Å². The van der Waals surface area contributed by atoms with E-state index in [4.69, 9.17) is 23.2 Å². The van der Waals surface area contributed by atoms with Gasteiger partial charge in [0.25, 0.3) is 0 Å². The Kier molecular flexibility index (Phi) is 4.87. The van der Waals surface area contributed by atoms with Gasteiger partial charge in [-0.25, -0.2) is 4.90 Å². The minimum atomic E-state index is -0.813. The lowest BCUT2D eigenvalue weighted by atomic mass is 9.83. The summed E-state index contributed by atoms with van der Waals surface area (Å²) in [5.74, 6) is -2.38. The quantitative estimate of drug-likeness (QED) is 0.366. The maximum Gasteiger partial charge on any atom is 0.240 e. The molecule has 0 bridgehead atoms. The Hall–Kier alpha value is -3.41. The molecule has 168 valence electrons. The molecular formula is C27H18Cl2N2O3. The van der Waals surface area contributed by atoms with E-state index >= 15 is 0 Å². The van der Waals surface area contributed by atoms with Gasteiger partial charge < -0.3 is 4.90 Å². The van der Waals surface area contributed by atoms with Gasteiger partial charge in [0.2, 0.25) is 11.8 Å². The van der Waals surface area contributed by atoms with Gasteiger partial charge in [0.05, 0.1) is 23.6 Å². The van der Waals surface area contributed by atoms with Crippen LogP contribution in [0.15, 0.2) is 79.0 Å². The van der Waals surface area contributed by atoms with Crippen LogP contribution in [0.25, 0.3) is 6.08 Å². The third-order valence-corrected chi connectivity index (χ3v) is 7.45. The summed E-state index contributed by atoms with van der Waals surface area (Å²) >= 11 is 12.0. The highest BCUT2D eigenvalue weighted by molar-refractivity contribution is 6.31. The summed E-state index contributed by atoms with van der Waals surface area (Å²) in [5.41, 5.74) is 2.82. The molecule has 2 saturated heterocycles. The molecule has 5 nitrogen and oxygen atoms in total. The van der Waals surface area contributed by atoms with Crippen molar-refractivity contribution in [2.45, 2.75) is 12.1 Å². The van der Waals surface area contributed by atoms with Gasteiger partial charge in [-0.05, 0) is 65.7 Å². The largest absolute Gasteiger partial charge is 0.358 e. The van der Waals surface area contributed by atoms with Crippen molar-refractivity contribution in [1.82, 2.24) is 4.90 Å². The number of anilines is 1. The fourth-order valence-electron chi connectivity index (χ4n) is 5.49. The molecule has 3 aliphatic heterocycles. The predicted molar refractivity (Wildman–Crippen MR) is 131 cm³/mol. The van der Waals surface area contributed by atoms with Gasteiger partial charge in [0, 0.05) is 21.8 Å². The number of ketones is 1. The normalized spacial score (nSPS) is 24.8. The highest BCUT2D eigenvalue weighted by atomic mass is 35.5. The van der Waals surface area contributed by atoms with Gasteiger partial charge in [-0.1, -0.05) is 47.5 Å². The molecule has 0 saturated carbocycles. The van der Waals surface area contributed by atoms with E-state index in [9.17, 15) is 14.4 Å². The Morgan fingerprint density at radius 1 is 0.765 bits per heavy atom. The lowest BCUT2D eigenvalue weighted by molar-refractivity contribution is -0.123. The van der Waals surface area contributed by atoms with Crippen molar-refractivity contribution in [3.05, 3.63) is 106 Å². The minimum absolute atomic E-state index is 0.211. The summed E-state index contributed by atoms with van der Waals surface area (Å²) in [5, 5.41) is 1.03. The predicted octanol–water partition coefficient (Wildman–Crippen LogP) is 5.39. The van der Waals surface area contributed by atoms with E-state index in [0.29, 0.717) is 21.3 Å². The second kappa shape index (κ2) is 7.83. The fraction of sp³-hybridized carbons (Fsp3) is 0.148. The SMILES string of the molecule is O=C(c1ccc(Cl)cc1)[C@H]1[C@H]2C(=O)N(c3ccc(Cl)cc3)C(=O)[C@@H]2[C@H]2c3ccccc3C=CN21. The molecule has 0 unspecified atom stereocenters. The standard InChI is InChI=1S/C27H18Cl2N2O3/c28-17-7-5-16(6-8-17)25(32)24-22-21(23-20-4-2-1-3-15(20)13-14-30(23)24)26(33)31(27(22)34)19-11-9-18(29)10-12-19/h1-14,21-24H/t21-,22-,23+,24+/m0/s1. The van der Waals surface area contributed by atoms with Crippen molar-refractivity contribution >= 4 is 52.6 Å². The Labute approximate surface area is 206 Å². The smallest absolute Gasteiger partial charge is 0.240 e. The van der Waals surface area contributed by atoms with Crippen LogP contribution in [0.5, 0.6) is 0 Å². The van der Waals surface area contributed by atoms with Crippen molar-refractivity contribution in [3.8, 4) is 0 Å². The molecule has 0 aliphatic carbocycles. The summed E-state index contributed by atoms with van der Waals surface area (Å²) in [4.78, 5) is 44.5. The number of fused-ring (bicyclic) bond motifs is 5. The molecule has 3 aromatic rings. The molecule has 3 aromatic carbocycles. The maximum atomic E-state index is 13.8. The van der Waals surface area contributed by atoms with Gasteiger partial charge in [-0.15, -0.1) is 0 Å². The van der Waals surface area contributed by atoms with Crippen LogP contribution in [0, 0.1) is 11.8 Å². The number of halogens is 2. The van der Waals surface area contributed by atoms with Gasteiger partial charge in [-0.2, -0.15) is 0 Å². The summed E-state index contributed by atoms with van der Waals surface area (Å²) in [6.07, 6.45) is 3.78. The van der Waals surface area contributed by atoms with E-state index in [2.05, 4.69) is 0 Å². The van der Waals surface area contributed by atoms with Crippen LogP contribution in [0.2, 0.25) is 10.0 Å². The molecule has 2 fully saturated rings. The highest BCUT2D eigenvalue weighted by Crippen LogP contribution is 2.53. The third kappa shape index (κ3) is 3.04. The number of nitrogens with zero attached hydrogens (tertiary/aromatic N) is 2. The second-order valence-corrected chi connectivity index (χ2v) is 9.57. The number of benzene rings is 3. The first-order valence-electron chi connectivity index (χ1n) is 10.9. The van der Waals surface area contributed by atoms with E-state index < -0.39 is 23.9 Å². The lowest BCUT2D eigenvalue weighted by Gasteiger charge is -2.35. The van der Waals surface area contributed by atoms with Crippen LogP contribution < -0.4 is 4.90 Å².